The van der Waals surface area contributed by atoms with Gasteiger partial charge in [0.2, 0.25) is 0 Å². The van der Waals surface area contributed by atoms with Crippen molar-refractivity contribution < 1.29 is 4.79 Å². The molecule has 1 amide bonds. The number of carbonyl (C=O) groups is 1. The zero-order valence-electron chi connectivity index (χ0n) is 15.5. The van der Waals surface area contributed by atoms with Gasteiger partial charge >= 0.3 is 0 Å². The summed E-state index contributed by atoms with van der Waals surface area (Å²) in [4.78, 5) is 12.4. The summed E-state index contributed by atoms with van der Waals surface area (Å²) in [6.45, 7) is 0.547. The number of hydrogen-bond acceptors (Lipinski definition) is 2. The van der Waals surface area contributed by atoms with Gasteiger partial charge in [-0.15, -0.1) is 0 Å². The molecule has 1 heterocycles. The van der Waals surface area contributed by atoms with Gasteiger partial charge in [-0.25, -0.2) is 4.68 Å². The molecular formula is C24H21N3O. The molecule has 28 heavy (non-hydrogen) atoms. The number of nitrogens with one attached hydrogen (secondary N) is 1. The largest absolute Gasteiger partial charge is 0.352 e. The van der Waals surface area contributed by atoms with E-state index in [0.717, 1.165) is 22.5 Å². The normalized spacial score (nSPS) is 10.6. The zero-order chi connectivity index (χ0) is 19.2. The molecule has 0 spiro atoms. The Morgan fingerprint density at radius 3 is 2.14 bits per heavy atom. The van der Waals surface area contributed by atoms with Gasteiger partial charge in [-0.3, -0.25) is 4.79 Å². The second-order valence-electron chi connectivity index (χ2n) is 6.54. The van der Waals surface area contributed by atoms with Crippen LogP contribution >= 0.6 is 0 Å². The molecule has 4 nitrogen and oxygen atoms in total. The topological polar surface area (TPSA) is 46.9 Å². The van der Waals surface area contributed by atoms with Gasteiger partial charge in [-0.1, -0.05) is 60.7 Å². The molecule has 0 radical (unpaired) electrons. The van der Waals surface area contributed by atoms with Crippen LogP contribution in [-0.2, 0) is 6.42 Å². The molecular weight excluding hydrogens is 346 g/mol. The van der Waals surface area contributed by atoms with Crippen LogP contribution in [-0.4, -0.2) is 22.2 Å². The number of carbonyl (C=O) groups excluding carboxylic acids is 1. The summed E-state index contributed by atoms with van der Waals surface area (Å²) >= 11 is 0. The Bertz CT molecular complexity index is 1040. The summed E-state index contributed by atoms with van der Waals surface area (Å²) < 4.78 is 1.85. The monoisotopic (exact) mass is 367 g/mol. The summed E-state index contributed by atoms with van der Waals surface area (Å²) in [5.41, 5.74) is 4.88. The van der Waals surface area contributed by atoms with Crippen molar-refractivity contribution in [3.8, 4) is 16.8 Å². The highest BCUT2D eigenvalue weighted by Gasteiger charge is 2.07. The van der Waals surface area contributed by atoms with Crippen molar-refractivity contribution in [3.05, 3.63) is 108 Å². The van der Waals surface area contributed by atoms with Crippen molar-refractivity contribution in [2.24, 2.45) is 0 Å². The van der Waals surface area contributed by atoms with Crippen LogP contribution in [0.15, 0.2) is 97.2 Å². The molecule has 4 aromatic rings. The summed E-state index contributed by atoms with van der Waals surface area (Å²) in [6, 6.07) is 29.8. The van der Waals surface area contributed by atoms with Crippen LogP contribution in [0.2, 0.25) is 0 Å². The van der Waals surface area contributed by atoms with Crippen molar-refractivity contribution in [1.29, 1.82) is 0 Å². The molecule has 0 saturated heterocycles. The van der Waals surface area contributed by atoms with E-state index in [1.54, 1.807) is 0 Å². The van der Waals surface area contributed by atoms with Crippen molar-refractivity contribution in [2.45, 2.75) is 6.42 Å². The minimum atomic E-state index is -0.0675. The molecule has 4 heteroatoms. The lowest BCUT2D eigenvalue weighted by molar-refractivity contribution is 0.0954. The molecule has 0 aliphatic rings. The van der Waals surface area contributed by atoms with Crippen LogP contribution in [0.1, 0.15) is 16.1 Å². The maximum absolute atomic E-state index is 12.4. The standard InChI is InChI=1S/C24H21N3O/c28-24(21-13-11-20(12-14-21)19-7-3-1-4-8-19)25-17-15-22-16-18-27(26-22)23-9-5-2-6-10-23/h1-14,16,18H,15,17H2,(H,25,28). The SMILES string of the molecule is O=C(NCCc1ccn(-c2ccccc2)n1)c1ccc(-c2ccccc2)cc1. The molecule has 0 atom stereocenters. The maximum atomic E-state index is 12.4. The molecule has 0 bridgehead atoms. The molecule has 138 valence electrons. The first-order valence-electron chi connectivity index (χ1n) is 9.33. The summed E-state index contributed by atoms with van der Waals surface area (Å²) in [5.74, 6) is -0.0675. The van der Waals surface area contributed by atoms with Crippen LogP contribution in [0.4, 0.5) is 0 Å². The first kappa shape index (κ1) is 17.7. The number of hydrogen-bond donors (Lipinski definition) is 1. The predicted octanol–water partition coefficient (Wildman–Crippen LogP) is 4.51. The van der Waals surface area contributed by atoms with E-state index in [9.17, 15) is 4.79 Å². The number of para-hydroxylation sites is 1. The van der Waals surface area contributed by atoms with Crippen LogP contribution in [0.5, 0.6) is 0 Å². The lowest BCUT2D eigenvalue weighted by Gasteiger charge is -2.06. The molecule has 0 aliphatic heterocycles. The zero-order valence-corrected chi connectivity index (χ0v) is 15.5. The molecule has 0 aliphatic carbocycles. The van der Waals surface area contributed by atoms with Gasteiger partial charge in [-0.05, 0) is 41.5 Å². The Balaban J connectivity index is 1.32. The third-order valence-corrected chi connectivity index (χ3v) is 4.59. The lowest BCUT2D eigenvalue weighted by Crippen LogP contribution is -2.25. The number of aromatic nitrogens is 2. The van der Waals surface area contributed by atoms with E-state index in [-0.39, 0.29) is 5.91 Å². The van der Waals surface area contributed by atoms with Gasteiger partial charge in [-0.2, -0.15) is 5.10 Å². The average molecular weight is 367 g/mol. The highest BCUT2D eigenvalue weighted by molar-refractivity contribution is 5.94. The quantitative estimate of drug-likeness (QED) is 0.545. The smallest absolute Gasteiger partial charge is 0.251 e. The van der Waals surface area contributed by atoms with Gasteiger partial charge in [0.25, 0.3) is 5.91 Å². The van der Waals surface area contributed by atoms with Crippen molar-refractivity contribution >= 4 is 5.91 Å². The summed E-state index contributed by atoms with van der Waals surface area (Å²) in [5, 5.41) is 7.53. The molecule has 0 saturated carbocycles. The Morgan fingerprint density at radius 2 is 1.43 bits per heavy atom. The third kappa shape index (κ3) is 4.18. The summed E-state index contributed by atoms with van der Waals surface area (Å²) in [7, 11) is 0. The fraction of sp³-hybridized carbons (Fsp3) is 0.0833. The number of rotatable bonds is 6. The van der Waals surface area contributed by atoms with Crippen LogP contribution in [0.25, 0.3) is 16.8 Å². The van der Waals surface area contributed by atoms with Crippen LogP contribution in [0.3, 0.4) is 0 Å². The van der Waals surface area contributed by atoms with Crippen molar-refractivity contribution in [2.75, 3.05) is 6.54 Å². The van der Waals surface area contributed by atoms with E-state index in [0.29, 0.717) is 18.5 Å². The van der Waals surface area contributed by atoms with Crippen molar-refractivity contribution in [1.82, 2.24) is 15.1 Å². The molecule has 4 rings (SSSR count). The highest BCUT2D eigenvalue weighted by atomic mass is 16.1. The maximum Gasteiger partial charge on any atom is 0.251 e. The van der Waals surface area contributed by atoms with Gasteiger partial charge in [0.05, 0.1) is 11.4 Å². The van der Waals surface area contributed by atoms with Crippen molar-refractivity contribution in [3.63, 3.8) is 0 Å². The second-order valence-corrected chi connectivity index (χ2v) is 6.54. The van der Waals surface area contributed by atoms with E-state index in [4.69, 9.17) is 0 Å². The molecule has 0 unspecified atom stereocenters. The van der Waals surface area contributed by atoms with Gasteiger partial charge in [0, 0.05) is 24.7 Å². The van der Waals surface area contributed by atoms with E-state index >= 15 is 0 Å². The Labute approximate surface area is 164 Å². The molecule has 0 fully saturated rings. The van der Waals surface area contributed by atoms with E-state index in [2.05, 4.69) is 22.5 Å². The Hall–Kier alpha value is -3.66. The van der Waals surface area contributed by atoms with Gasteiger partial charge in [0.15, 0.2) is 0 Å². The van der Waals surface area contributed by atoms with E-state index in [1.807, 2.05) is 89.7 Å². The molecule has 1 N–H and O–H groups in total. The lowest BCUT2D eigenvalue weighted by atomic mass is 10.0. The Kier molecular flexibility index (Phi) is 5.29. The Morgan fingerprint density at radius 1 is 0.786 bits per heavy atom. The van der Waals surface area contributed by atoms with Gasteiger partial charge in [0.1, 0.15) is 0 Å². The highest BCUT2D eigenvalue weighted by Crippen LogP contribution is 2.19. The van der Waals surface area contributed by atoms with E-state index < -0.39 is 0 Å². The summed E-state index contributed by atoms with van der Waals surface area (Å²) in [6.07, 6.45) is 2.63. The molecule has 1 aromatic heterocycles. The third-order valence-electron chi connectivity index (χ3n) is 4.59. The minimum absolute atomic E-state index is 0.0675. The first-order valence-corrected chi connectivity index (χ1v) is 9.33. The molecule has 3 aromatic carbocycles. The minimum Gasteiger partial charge on any atom is -0.352 e. The number of benzene rings is 3. The fourth-order valence-electron chi connectivity index (χ4n) is 3.07. The first-order chi connectivity index (χ1) is 13.8. The van der Waals surface area contributed by atoms with E-state index in [1.165, 1.54) is 0 Å². The van der Waals surface area contributed by atoms with Crippen LogP contribution < -0.4 is 5.32 Å². The number of amides is 1. The number of nitrogens with zero attached hydrogens (tertiary/aromatic N) is 2. The fourth-order valence-corrected chi connectivity index (χ4v) is 3.07. The second kappa shape index (κ2) is 8.35. The van der Waals surface area contributed by atoms with Crippen LogP contribution in [0, 0.1) is 0 Å². The predicted molar refractivity (Wildman–Crippen MR) is 111 cm³/mol. The van der Waals surface area contributed by atoms with Gasteiger partial charge < -0.3 is 5.32 Å². The average Bonchev–Trinajstić information content (AvgIpc) is 3.24.